The molecule has 0 aliphatic carbocycles. The lowest BCUT2D eigenvalue weighted by Gasteiger charge is -2.05. The van der Waals surface area contributed by atoms with Crippen LogP contribution in [-0.2, 0) is 6.54 Å². The number of rotatable bonds is 4. The molecular weight excluding hydrogens is 220 g/mol. The second-order valence-corrected chi connectivity index (χ2v) is 3.64. The minimum Gasteiger partial charge on any atom is -0.493 e. The van der Waals surface area contributed by atoms with Gasteiger partial charge in [0, 0.05) is 6.54 Å². The van der Waals surface area contributed by atoms with E-state index in [1.54, 1.807) is 10.7 Å². The lowest BCUT2D eigenvalue weighted by atomic mass is 10.1. The number of ether oxygens (including phenoxy) is 1. The molecule has 2 heterocycles. The molecule has 90 valence electrons. The molecule has 0 saturated heterocycles. The Kier molecular flexibility index (Phi) is 2.99. The highest BCUT2D eigenvalue weighted by Crippen LogP contribution is 2.23. The van der Waals surface area contributed by atoms with E-state index in [9.17, 15) is 4.79 Å². The highest BCUT2D eigenvalue weighted by Gasteiger charge is 2.23. The first-order chi connectivity index (χ1) is 8.19. The molecule has 0 unspecified atom stereocenters. The molecule has 2 aromatic rings. The van der Waals surface area contributed by atoms with Gasteiger partial charge in [-0.15, -0.1) is 0 Å². The van der Waals surface area contributed by atoms with Crippen LogP contribution in [0.4, 0.5) is 0 Å². The molecule has 0 fully saturated rings. The van der Waals surface area contributed by atoms with Gasteiger partial charge in [0.1, 0.15) is 0 Å². The van der Waals surface area contributed by atoms with Gasteiger partial charge in [0.25, 0.3) is 0 Å². The number of aryl methyl sites for hydroxylation is 2. The fourth-order valence-corrected chi connectivity index (χ4v) is 1.70. The topological polar surface area (TPSA) is 57.3 Å². The van der Waals surface area contributed by atoms with Gasteiger partial charge in [0.2, 0.25) is 5.78 Å². The summed E-state index contributed by atoms with van der Waals surface area (Å²) in [6, 6.07) is 1.76. The summed E-state index contributed by atoms with van der Waals surface area (Å²) < 4.78 is 11.9. The van der Waals surface area contributed by atoms with E-state index in [1.807, 2.05) is 13.8 Å². The number of carbonyl (C=O) groups is 1. The molecule has 5 nitrogen and oxygen atoms in total. The molecule has 0 radical (unpaired) electrons. The van der Waals surface area contributed by atoms with Crippen LogP contribution in [0, 0.1) is 6.92 Å². The van der Waals surface area contributed by atoms with E-state index in [1.165, 1.54) is 19.6 Å². The van der Waals surface area contributed by atoms with Crippen LogP contribution in [0.5, 0.6) is 5.75 Å². The molecule has 5 heteroatoms. The van der Waals surface area contributed by atoms with Gasteiger partial charge in [-0.1, -0.05) is 0 Å². The first-order valence-corrected chi connectivity index (χ1v) is 5.37. The quantitative estimate of drug-likeness (QED) is 0.759. The number of hydrogen-bond donors (Lipinski definition) is 0. The third kappa shape index (κ3) is 1.84. The average Bonchev–Trinajstić information content (AvgIpc) is 2.93. The third-order valence-electron chi connectivity index (χ3n) is 2.61. The maximum Gasteiger partial charge on any atom is 0.250 e. The van der Waals surface area contributed by atoms with E-state index >= 15 is 0 Å². The van der Waals surface area contributed by atoms with Crippen molar-refractivity contribution in [2.75, 3.05) is 7.11 Å². The van der Waals surface area contributed by atoms with Gasteiger partial charge >= 0.3 is 0 Å². The standard InChI is InChI=1S/C12H14N2O3/c1-4-14-10(9(16-3)7-13-14)11(15)12-8(2)5-6-17-12/h5-7H,4H2,1-3H3. The van der Waals surface area contributed by atoms with E-state index < -0.39 is 0 Å². The normalized spacial score (nSPS) is 10.5. The van der Waals surface area contributed by atoms with Crippen molar-refractivity contribution >= 4 is 5.78 Å². The van der Waals surface area contributed by atoms with Crippen molar-refractivity contribution in [3.05, 3.63) is 35.5 Å². The summed E-state index contributed by atoms with van der Waals surface area (Å²) in [4.78, 5) is 12.3. The van der Waals surface area contributed by atoms with Crippen molar-refractivity contribution in [3.63, 3.8) is 0 Å². The van der Waals surface area contributed by atoms with Gasteiger partial charge in [-0.25, -0.2) is 0 Å². The van der Waals surface area contributed by atoms with Crippen LogP contribution in [0.3, 0.4) is 0 Å². The Bertz CT molecular complexity index is 518. The second-order valence-electron chi connectivity index (χ2n) is 3.64. The smallest absolute Gasteiger partial charge is 0.250 e. The molecule has 2 rings (SSSR count). The lowest BCUT2D eigenvalue weighted by molar-refractivity contribution is 0.0995. The van der Waals surface area contributed by atoms with Crippen molar-refractivity contribution in [2.45, 2.75) is 20.4 Å². The van der Waals surface area contributed by atoms with Crippen LogP contribution in [-0.4, -0.2) is 22.7 Å². The lowest BCUT2D eigenvalue weighted by Crippen LogP contribution is -2.11. The number of methoxy groups -OCH3 is 1. The zero-order chi connectivity index (χ0) is 12.4. The molecule has 0 atom stereocenters. The first-order valence-electron chi connectivity index (χ1n) is 5.37. The van der Waals surface area contributed by atoms with E-state index in [4.69, 9.17) is 9.15 Å². The van der Waals surface area contributed by atoms with Crippen molar-refractivity contribution in [1.29, 1.82) is 0 Å². The number of nitrogens with zero attached hydrogens (tertiary/aromatic N) is 2. The molecular formula is C12H14N2O3. The number of hydrogen-bond acceptors (Lipinski definition) is 4. The zero-order valence-electron chi connectivity index (χ0n) is 10.1. The van der Waals surface area contributed by atoms with Crippen LogP contribution in [0.1, 0.15) is 28.7 Å². The summed E-state index contributed by atoms with van der Waals surface area (Å²) in [5.74, 6) is 0.592. The van der Waals surface area contributed by atoms with E-state index in [0.717, 1.165) is 5.56 Å². The van der Waals surface area contributed by atoms with Crippen LogP contribution in [0.15, 0.2) is 22.9 Å². The molecule has 2 aromatic heterocycles. The Morgan fingerprint density at radius 2 is 2.35 bits per heavy atom. The second kappa shape index (κ2) is 4.45. The van der Waals surface area contributed by atoms with Crippen LogP contribution in [0.25, 0.3) is 0 Å². The van der Waals surface area contributed by atoms with Gasteiger partial charge in [0.15, 0.2) is 17.2 Å². The molecule has 0 N–H and O–H groups in total. The van der Waals surface area contributed by atoms with Gasteiger partial charge in [0.05, 0.1) is 19.6 Å². The van der Waals surface area contributed by atoms with Crippen LogP contribution in [0.2, 0.25) is 0 Å². The van der Waals surface area contributed by atoms with E-state index in [2.05, 4.69) is 5.10 Å². The number of furan rings is 1. The molecule has 0 bridgehead atoms. The summed E-state index contributed by atoms with van der Waals surface area (Å²) in [6.45, 7) is 4.35. The number of ketones is 1. The summed E-state index contributed by atoms with van der Waals surface area (Å²) in [7, 11) is 1.52. The van der Waals surface area contributed by atoms with Crippen LogP contribution >= 0.6 is 0 Å². The van der Waals surface area contributed by atoms with E-state index in [-0.39, 0.29) is 5.78 Å². The average molecular weight is 234 g/mol. The fourth-order valence-electron chi connectivity index (χ4n) is 1.70. The van der Waals surface area contributed by atoms with Gasteiger partial charge in [-0.2, -0.15) is 5.10 Å². The molecule has 0 saturated carbocycles. The molecule has 0 amide bonds. The van der Waals surface area contributed by atoms with Gasteiger partial charge < -0.3 is 9.15 Å². The van der Waals surface area contributed by atoms with Gasteiger partial charge in [-0.05, 0) is 25.5 Å². The monoisotopic (exact) mass is 234 g/mol. The summed E-state index contributed by atoms with van der Waals surface area (Å²) >= 11 is 0. The Labute approximate surface area is 99.0 Å². The summed E-state index contributed by atoms with van der Waals surface area (Å²) in [5, 5.41) is 4.10. The Hall–Kier alpha value is -2.04. The molecule has 17 heavy (non-hydrogen) atoms. The number of aromatic nitrogens is 2. The van der Waals surface area contributed by atoms with Gasteiger partial charge in [-0.3, -0.25) is 9.48 Å². The van der Waals surface area contributed by atoms with Crippen molar-refractivity contribution < 1.29 is 13.9 Å². The minimum atomic E-state index is -0.205. The largest absolute Gasteiger partial charge is 0.493 e. The Balaban J connectivity index is 2.50. The zero-order valence-corrected chi connectivity index (χ0v) is 10.1. The minimum absolute atomic E-state index is 0.205. The SMILES string of the molecule is CCn1ncc(OC)c1C(=O)c1occc1C. The van der Waals surface area contributed by atoms with Crippen molar-refractivity contribution in [1.82, 2.24) is 9.78 Å². The Morgan fingerprint density at radius 3 is 2.88 bits per heavy atom. The third-order valence-corrected chi connectivity index (χ3v) is 2.61. The van der Waals surface area contributed by atoms with Crippen molar-refractivity contribution in [3.8, 4) is 5.75 Å². The van der Waals surface area contributed by atoms with E-state index in [0.29, 0.717) is 23.7 Å². The maximum atomic E-state index is 12.3. The highest BCUT2D eigenvalue weighted by molar-refractivity contribution is 6.08. The first kappa shape index (κ1) is 11.4. The summed E-state index contributed by atoms with van der Waals surface area (Å²) in [6.07, 6.45) is 3.04. The predicted octanol–water partition coefficient (Wildman–Crippen LogP) is 2.04. The fraction of sp³-hybridized carbons (Fsp3) is 0.333. The number of carbonyl (C=O) groups excluding carboxylic acids is 1. The molecule has 0 aromatic carbocycles. The predicted molar refractivity (Wildman–Crippen MR) is 61.3 cm³/mol. The molecule has 0 aliphatic heterocycles. The van der Waals surface area contributed by atoms with Crippen molar-refractivity contribution in [2.24, 2.45) is 0 Å². The van der Waals surface area contributed by atoms with Crippen LogP contribution < -0.4 is 4.74 Å². The Morgan fingerprint density at radius 1 is 1.59 bits per heavy atom. The highest BCUT2D eigenvalue weighted by atomic mass is 16.5. The molecule has 0 spiro atoms. The maximum absolute atomic E-state index is 12.3. The molecule has 0 aliphatic rings. The summed E-state index contributed by atoms with van der Waals surface area (Å²) in [5.41, 5.74) is 1.23.